The number of halogens is 2. The summed E-state index contributed by atoms with van der Waals surface area (Å²) in [6.07, 6.45) is 0. The highest BCUT2D eigenvalue weighted by atomic mass is 35.5. The van der Waals surface area contributed by atoms with Crippen molar-refractivity contribution in [3.8, 4) is 5.69 Å². The molecule has 0 saturated carbocycles. The summed E-state index contributed by atoms with van der Waals surface area (Å²) in [5.74, 6) is 0.277. The third kappa shape index (κ3) is 4.42. The highest BCUT2D eigenvalue weighted by molar-refractivity contribution is 7.89. The molecule has 0 N–H and O–H groups in total. The van der Waals surface area contributed by atoms with Gasteiger partial charge >= 0.3 is 0 Å². The van der Waals surface area contributed by atoms with Crippen LogP contribution < -0.4 is 5.56 Å². The molecule has 9 heteroatoms. The molecule has 6 nitrogen and oxygen atoms in total. The van der Waals surface area contributed by atoms with Gasteiger partial charge < -0.3 is 0 Å². The van der Waals surface area contributed by atoms with E-state index in [2.05, 4.69) is 4.98 Å². The molecule has 4 aromatic rings. The summed E-state index contributed by atoms with van der Waals surface area (Å²) in [5.41, 5.74) is 1.72. The van der Waals surface area contributed by atoms with Crippen LogP contribution in [0.5, 0.6) is 0 Å². The largest absolute Gasteiger partial charge is 0.268 e. The molecule has 0 radical (unpaired) electrons. The van der Waals surface area contributed by atoms with E-state index in [1.165, 1.54) is 40.2 Å². The Kier molecular flexibility index (Phi) is 6.33. The number of fused-ring (bicyclic) bond motifs is 1. The zero-order valence-corrected chi connectivity index (χ0v) is 20.5. The van der Waals surface area contributed by atoms with Gasteiger partial charge in [0.05, 0.1) is 27.5 Å². The predicted molar refractivity (Wildman–Crippen MR) is 132 cm³/mol. The standard InChI is InChI=1S/C24H21Cl2N3O3S/c1-15-4-9-19(10-5-15)29-23(27-22-14-18(26)8-13-21(22)24(29)30)16(2)28(3)33(31,32)20-11-6-17(25)7-12-20/h4-14,16H,1-3H3. The number of nitrogens with zero attached hydrogens (tertiary/aromatic N) is 3. The highest BCUT2D eigenvalue weighted by Crippen LogP contribution is 2.28. The van der Waals surface area contributed by atoms with Crippen LogP contribution in [0.2, 0.25) is 10.0 Å². The number of aryl methyl sites for hydroxylation is 1. The van der Waals surface area contributed by atoms with Gasteiger partial charge in [-0.05, 0) is 68.4 Å². The predicted octanol–water partition coefficient (Wildman–Crippen LogP) is 5.38. The number of rotatable bonds is 5. The van der Waals surface area contributed by atoms with Crippen LogP contribution in [0.1, 0.15) is 24.4 Å². The van der Waals surface area contributed by atoms with Gasteiger partial charge in [0.15, 0.2) is 0 Å². The fraction of sp³-hybridized carbons (Fsp3) is 0.167. The molecular formula is C24H21Cl2N3O3S. The molecule has 1 aromatic heterocycles. The lowest BCUT2D eigenvalue weighted by Gasteiger charge is -2.26. The van der Waals surface area contributed by atoms with Crippen molar-refractivity contribution in [1.82, 2.24) is 13.9 Å². The van der Waals surface area contributed by atoms with E-state index in [1.54, 1.807) is 25.1 Å². The van der Waals surface area contributed by atoms with Gasteiger partial charge in [-0.1, -0.05) is 40.9 Å². The zero-order valence-electron chi connectivity index (χ0n) is 18.2. The monoisotopic (exact) mass is 501 g/mol. The first-order valence-electron chi connectivity index (χ1n) is 10.1. The number of sulfonamides is 1. The fourth-order valence-electron chi connectivity index (χ4n) is 3.54. The Hall–Kier alpha value is -2.71. The van der Waals surface area contributed by atoms with Crippen molar-refractivity contribution in [2.75, 3.05) is 7.05 Å². The van der Waals surface area contributed by atoms with Crippen LogP contribution in [0.3, 0.4) is 0 Å². The van der Waals surface area contributed by atoms with Crippen molar-refractivity contribution in [2.45, 2.75) is 24.8 Å². The average molecular weight is 502 g/mol. The Balaban J connectivity index is 1.93. The lowest BCUT2D eigenvalue weighted by atomic mass is 10.2. The minimum Gasteiger partial charge on any atom is -0.268 e. The summed E-state index contributed by atoms with van der Waals surface area (Å²) in [4.78, 5) is 18.3. The maximum atomic E-state index is 13.5. The van der Waals surface area contributed by atoms with Gasteiger partial charge in [-0.3, -0.25) is 9.36 Å². The first kappa shape index (κ1) is 23.4. The zero-order chi connectivity index (χ0) is 23.9. The molecule has 1 unspecified atom stereocenters. The molecule has 0 bridgehead atoms. The molecule has 3 aromatic carbocycles. The van der Waals surface area contributed by atoms with Crippen molar-refractivity contribution >= 4 is 44.1 Å². The number of aromatic nitrogens is 2. The van der Waals surface area contributed by atoms with Crippen molar-refractivity contribution in [2.24, 2.45) is 0 Å². The van der Waals surface area contributed by atoms with E-state index in [-0.39, 0.29) is 16.3 Å². The molecule has 1 atom stereocenters. The van der Waals surface area contributed by atoms with Gasteiger partial charge in [0.1, 0.15) is 5.82 Å². The molecule has 0 amide bonds. The van der Waals surface area contributed by atoms with Crippen molar-refractivity contribution in [3.63, 3.8) is 0 Å². The Morgan fingerprint density at radius 2 is 1.55 bits per heavy atom. The Bertz CT molecular complexity index is 1500. The van der Waals surface area contributed by atoms with E-state index < -0.39 is 16.1 Å². The van der Waals surface area contributed by atoms with Crippen LogP contribution in [0.25, 0.3) is 16.6 Å². The van der Waals surface area contributed by atoms with E-state index in [0.717, 1.165) is 5.56 Å². The Labute approximate surface area is 202 Å². The van der Waals surface area contributed by atoms with Crippen LogP contribution in [-0.4, -0.2) is 29.3 Å². The third-order valence-corrected chi connectivity index (χ3v) is 7.99. The second-order valence-electron chi connectivity index (χ2n) is 7.76. The summed E-state index contributed by atoms with van der Waals surface area (Å²) in [5, 5.41) is 1.26. The van der Waals surface area contributed by atoms with E-state index in [4.69, 9.17) is 23.2 Å². The number of hydrogen-bond donors (Lipinski definition) is 0. The minimum absolute atomic E-state index is 0.0920. The molecule has 0 fully saturated rings. The average Bonchev–Trinajstić information content (AvgIpc) is 2.79. The highest BCUT2D eigenvalue weighted by Gasteiger charge is 2.30. The summed E-state index contributed by atoms with van der Waals surface area (Å²) in [6.45, 7) is 3.64. The quantitative estimate of drug-likeness (QED) is 0.367. The van der Waals surface area contributed by atoms with E-state index in [0.29, 0.717) is 26.6 Å². The molecular weight excluding hydrogens is 481 g/mol. The summed E-state index contributed by atoms with van der Waals surface area (Å²) >= 11 is 12.1. The second kappa shape index (κ2) is 8.91. The maximum Gasteiger partial charge on any atom is 0.266 e. The molecule has 0 saturated heterocycles. The van der Waals surface area contributed by atoms with Gasteiger partial charge in [-0.15, -0.1) is 0 Å². The first-order chi connectivity index (χ1) is 15.6. The van der Waals surface area contributed by atoms with Crippen molar-refractivity contribution in [1.29, 1.82) is 0 Å². The summed E-state index contributed by atoms with van der Waals surface area (Å²) in [6, 6.07) is 17.4. The molecule has 0 aliphatic carbocycles. The fourth-order valence-corrected chi connectivity index (χ4v) is 5.16. The van der Waals surface area contributed by atoms with Crippen LogP contribution in [-0.2, 0) is 10.0 Å². The second-order valence-corrected chi connectivity index (χ2v) is 10.6. The minimum atomic E-state index is -3.89. The lowest BCUT2D eigenvalue weighted by molar-refractivity contribution is 0.379. The van der Waals surface area contributed by atoms with Gasteiger partial charge in [0, 0.05) is 17.1 Å². The smallest absolute Gasteiger partial charge is 0.266 e. The van der Waals surface area contributed by atoms with Crippen LogP contribution >= 0.6 is 23.2 Å². The van der Waals surface area contributed by atoms with Gasteiger partial charge in [-0.2, -0.15) is 4.31 Å². The Morgan fingerprint density at radius 3 is 2.18 bits per heavy atom. The third-order valence-electron chi connectivity index (χ3n) is 5.56. The lowest BCUT2D eigenvalue weighted by Crippen LogP contribution is -2.34. The van der Waals surface area contributed by atoms with Crippen LogP contribution in [0, 0.1) is 6.92 Å². The van der Waals surface area contributed by atoms with Crippen molar-refractivity contribution in [3.05, 3.63) is 98.5 Å². The van der Waals surface area contributed by atoms with Crippen LogP contribution in [0.15, 0.2) is 76.4 Å². The number of hydrogen-bond acceptors (Lipinski definition) is 4. The molecule has 0 aliphatic heterocycles. The molecule has 4 rings (SSSR count). The molecule has 0 spiro atoms. The first-order valence-corrected chi connectivity index (χ1v) is 12.3. The Morgan fingerprint density at radius 1 is 0.939 bits per heavy atom. The van der Waals surface area contributed by atoms with E-state index >= 15 is 0 Å². The molecule has 1 heterocycles. The van der Waals surface area contributed by atoms with Gasteiger partial charge in [0.25, 0.3) is 5.56 Å². The SMILES string of the molecule is Cc1ccc(-n2c(C(C)N(C)S(=O)(=O)c3ccc(Cl)cc3)nc3cc(Cl)ccc3c2=O)cc1. The topological polar surface area (TPSA) is 72.3 Å². The van der Waals surface area contributed by atoms with E-state index in [1.807, 2.05) is 31.2 Å². The maximum absolute atomic E-state index is 13.5. The van der Waals surface area contributed by atoms with Gasteiger partial charge in [-0.25, -0.2) is 13.4 Å². The summed E-state index contributed by atoms with van der Waals surface area (Å²) < 4.78 is 29.2. The molecule has 170 valence electrons. The van der Waals surface area contributed by atoms with Crippen molar-refractivity contribution < 1.29 is 8.42 Å². The molecule has 33 heavy (non-hydrogen) atoms. The molecule has 0 aliphatic rings. The normalized spacial score (nSPS) is 12.9. The van der Waals surface area contributed by atoms with Crippen LogP contribution in [0.4, 0.5) is 0 Å². The summed E-state index contributed by atoms with van der Waals surface area (Å²) in [7, 11) is -2.43. The van der Waals surface area contributed by atoms with Gasteiger partial charge in [0.2, 0.25) is 10.0 Å². The number of benzene rings is 3. The van der Waals surface area contributed by atoms with E-state index in [9.17, 15) is 13.2 Å².